The van der Waals surface area contributed by atoms with Crippen molar-refractivity contribution in [3.63, 3.8) is 0 Å². The van der Waals surface area contributed by atoms with E-state index in [4.69, 9.17) is 4.42 Å². The van der Waals surface area contributed by atoms with Crippen molar-refractivity contribution in [2.45, 2.75) is 44.1 Å². The normalized spacial score (nSPS) is 22.4. The minimum absolute atomic E-state index is 0.0379. The van der Waals surface area contributed by atoms with Gasteiger partial charge in [0.1, 0.15) is 5.52 Å². The van der Waals surface area contributed by atoms with Crippen molar-refractivity contribution in [2.24, 2.45) is 0 Å². The van der Waals surface area contributed by atoms with E-state index >= 15 is 0 Å². The first kappa shape index (κ1) is 12.8. The lowest BCUT2D eigenvalue weighted by Crippen LogP contribution is -2.43. The van der Waals surface area contributed by atoms with Gasteiger partial charge in [0.05, 0.1) is 6.04 Å². The van der Waals surface area contributed by atoms with Crippen LogP contribution in [0.4, 0.5) is 5.69 Å². The number of piperidine rings is 1. The smallest absolute Gasteiger partial charge is 0.241 e. The third kappa shape index (κ3) is 2.65. The molecule has 0 spiro atoms. The van der Waals surface area contributed by atoms with E-state index in [0.29, 0.717) is 5.92 Å². The second-order valence-corrected chi connectivity index (χ2v) is 6.00. The Balaban J connectivity index is 1.51. The van der Waals surface area contributed by atoms with Gasteiger partial charge >= 0.3 is 0 Å². The molecule has 1 atom stereocenters. The van der Waals surface area contributed by atoms with E-state index in [1.165, 1.54) is 12.8 Å². The van der Waals surface area contributed by atoms with Crippen LogP contribution in [-0.2, 0) is 4.79 Å². The summed E-state index contributed by atoms with van der Waals surface area (Å²) in [6.07, 6.45) is 5.50. The van der Waals surface area contributed by atoms with Crippen molar-refractivity contribution in [1.29, 1.82) is 0 Å². The number of aromatic nitrogens is 1. The Morgan fingerprint density at radius 1 is 1.29 bits per heavy atom. The van der Waals surface area contributed by atoms with E-state index < -0.39 is 0 Å². The van der Waals surface area contributed by atoms with Gasteiger partial charge in [0.25, 0.3) is 0 Å². The SMILES string of the molecule is O=C(Nc1ccc2nc(C3CC3)oc2c1)C1CCCCN1. The molecule has 4 rings (SSSR count). The van der Waals surface area contributed by atoms with Crippen molar-refractivity contribution in [2.75, 3.05) is 11.9 Å². The van der Waals surface area contributed by atoms with Gasteiger partial charge in [-0.1, -0.05) is 6.42 Å². The molecule has 2 N–H and O–H groups in total. The maximum atomic E-state index is 12.2. The number of hydrogen-bond donors (Lipinski definition) is 2. The zero-order valence-electron chi connectivity index (χ0n) is 11.9. The molecule has 1 saturated heterocycles. The molecule has 110 valence electrons. The zero-order chi connectivity index (χ0) is 14.2. The number of rotatable bonds is 3. The van der Waals surface area contributed by atoms with E-state index in [0.717, 1.165) is 48.5 Å². The van der Waals surface area contributed by atoms with E-state index in [9.17, 15) is 4.79 Å². The fourth-order valence-electron chi connectivity index (χ4n) is 2.83. The van der Waals surface area contributed by atoms with Crippen LogP contribution in [0.1, 0.15) is 43.9 Å². The summed E-state index contributed by atoms with van der Waals surface area (Å²) in [6, 6.07) is 5.59. The van der Waals surface area contributed by atoms with Crippen LogP contribution in [0.15, 0.2) is 22.6 Å². The zero-order valence-corrected chi connectivity index (χ0v) is 11.9. The maximum absolute atomic E-state index is 12.2. The summed E-state index contributed by atoms with van der Waals surface area (Å²) >= 11 is 0. The molecule has 1 saturated carbocycles. The molecule has 1 unspecified atom stereocenters. The summed E-state index contributed by atoms with van der Waals surface area (Å²) in [5, 5.41) is 6.22. The van der Waals surface area contributed by atoms with Crippen LogP contribution >= 0.6 is 0 Å². The highest BCUT2D eigenvalue weighted by Gasteiger charge is 2.29. The van der Waals surface area contributed by atoms with Gasteiger partial charge in [-0.2, -0.15) is 0 Å². The van der Waals surface area contributed by atoms with Crippen molar-refractivity contribution < 1.29 is 9.21 Å². The van der Waals surface area contributed by atoms with Gasteiger partial charge < -0.3 is 15.1 Å². The maximum Gasteiger partial charge on any atom is 0.241 e. The standard InChI is InChI=1S/C16H19N3O2/c20-15(13-3-1-2-8-17-13)18-11-6-7-12-14(9-11)21-16(19-12)10-4-5-10/h6-7,9-10,13,17H,1-5,8H2,(H,18,20). The van der Waals surface area contributed by atoms with Gasteiger partial charge in [-0.3, -0.25) is 4.79 Å². The van der Waals surface area contributed by atoms with E-state index in [-0.39, 0.29) is 11.9 Å². The van der Waals surface area contributed by atoms with E-state index in [2.05, 4.69) is 15.6 Å². The van der Waals surface area contributed by atoms with Crippen molar-refractivity contribution >= 4 is 22.7 Å². The van der Waals surface area contributed by atoms with Crippen LogP contribution in [-0.4, -0.2) is 23.5 Å². The van der Waals surface area contributed by atoms with E-state index in [1.54, 1.807) is 0 Å². The molecule has 1 aromatic heterocycles. The molecule has 1 aliphatic heterocycles. The topological polar surface area (TPSA) is 67.2 Å². The molecule has 1 amide bonds. The molecular formula is C16H19N3O2. The number of fused-ring (bicyclic) bond motifs is 1. The van der Waals surface area contributed by atoms with Gasteiger partial charge in [0.15, 0.2) is 11.5 Å². The average Bonchev–Trinajstić information content (AvgIpc) is 3.28. The summed E-state index contributed by atoms with van der Waals surface area (Å²) in [6.45, 7) is 0.921. The highest BCUT2D eigenvalue weighted by Crippen LogP contribution is 2.40. The van der Waals surface area contributed by atoms with Crippen LogP contribution in [0.5, 0.6) is 0 Å². The number of nitrogens with one attached hydrogen (secondary N) is 2. The summed E-state index contributed by atoms with van der Waals surface area (Å²) < 4.78 is 5.78. The van der Waals surface area contributed by atoms with Crippen LogP contribution in [0.3, 0.4) is 0 Å². The largest absolute Gasteiger partial charge is 0.440 e. The second-order valence-electron chi connectivity index (χ2n) is 6.00. The Morgan fingerprint density at radius 3 is 2.95 bits per heavy atom. The van der Waals surface area contributed by atoms with Gasteiger partial charge in [0, 0.05) is 17.7 Å². The summed E-state index contributed by atoms with van der Waals surface area (Å²) in [5.41, 5.74) is 2.40. The number of oxazole rings is 1. The van der Waals surface area contributed by atoms with Crippen LogP contribution in [0.25, 0.3) is 11.1 Å². The number of amides is 1. The highest BCUT2D eigenvalue weighted by atomic mass is 16.3. The van der Waals surface area contributed by atoms with Crippen LogP contribution in [0, 0.1) is 0 Å². The Hall–Kier alpha value is -1.88. The van der Waals surface area contributed by atoms with Gasteiger partial charge in [-0.25, -0.2) is 4.98 Å². The first-order valence-corrected chi connectivity index (χ1v) is 7.74. The minimum Gasteiger partial charge on any atom is -0.440 e. The molecule has 1 aliphatic carbocycles. The van der Waals surface area contributed by atoms with Crippen LogP contribution in [0.2, 0.25) is 0 Å². The second kappa shape index (κ2) is 5.15. The summed E-state index contributed by atoms with van der Waals surface area (Å²) in [7, 11) is 0. The van der Waals surface area contributed by atoms with Crippen molar-refractivity contribution in [3.8, 4) is 0 Å². The Morgan fingerprint density at radius 2 is 2.19 bits per heavy atom. The van der Waals surface area contributed by atoms with Gasteiger partial charge in [-0.05, 0) is 44.4 Å². The van der Waals surface area contributed by atoms with E-state index in [1.807, 2.05) is 18.2 Å². The summed E-state index contributed by atoms with van der Waals surface area (Å²) in [5.74, 6) is 1.38. The Labute approximate surface area is 123 Å². The molecule has 2 fully saturated rings. The molecular weight excluding hydrogens is 266 g/mol. The highest BCUT2D eigenvalue weighted by molar-refractivity contribution is 5.96. The van der Waals surface area contributed by atoms with Gasteiger partial charge in [-0.15, -0.1) is 0 Å². The third-order valence-corrected chi connectivity index (χ3v) is 4.23. The number of hydrogen-bond acceptors (Lipinski definition) is 4. The fourth-order valence-corrected chi connectivity index (χ4v) is 2.83. The molecule has 2 aromatic rings. The molecule has 2 aliphatic rings. The van der Waals surface area contributed by atoms with Crippen molar-refractivity contribution in [3.05, 3.63) is 24.1 Å². The molecule has 0 bridgehead atoms. The lowest BCUT2D eigenvalue weighted by atomic mass is 10.0. The van der Waals surface area contributed by atoms with Gasteiger partial charge in [0.2, 0.25) is 5.91 Å². The third-order valence-electron chi connectivity index (χ3n) is 4.23. The predicted molar refractivity (Wildman–Crippen MR) is 80.3 cm³/mol. The lowest BCUT2D eigenvalue weighted by Gasteiger charge is -2.22. The molecule has 1 aromatic carbocycles. The van der Waals surface area contributed by atoms with Crippen molar-refractivity contribution in [1.82, 2.24) is 10.3 Å². The number of nitrogens with zero attached hydrogens (tertiary/aromatic N) is 1. The molecule has 5 nitrogen and oxygen atoms in total. The molecule has 21 heavy (non-hydrogen) atoms. The monoisotopic (exact) mass is 285 g/mol. The Bertz CT molecular complexity index is 669. The first-order valence-electron chi connectivity index (χ1n) is 7.74. The quantitative estimate of drug-likeness (QED) is 0.910. The molecule has 5 heteroatoms. The summed E-state index contributed by atoms with van der Waals surface area (Å²) in [4.78, 5) is 16.7. The first-order chi connectivity index (χ1) is 10.3. The number of carbonyl (C=O) groups is 1. The fraction of sp³-hybridized carbons (Fsp3) is 0.500. The number of anilines is 1. The predicted octanol–water partition coefficient (Wildman–Crippen LogP) is 2.79. The minimum atomic E-state index is -0.0776. The average molecular weight is 285 g/mol. The number of benzene rings is 1. The molecule has 2 heterocycles. The Kier molecular flexibility index (Phi) is 3.15. The lowest BCUT2D eigenvalue weighted by molar-refractivity contribution is -0.118. The van der Waals surface area contributed by atoms with Crippen LogP contribution < -0.4 is 10.6 Å². The molecule has 0 radical (unpaired) electrons. The number of carbonyl (C=O) groups excluding carboxylic acids is 1.